The Hall–Kier alpha value is -6.62. The summed E-state index contributed by atoms with van der Waals surface area (Å²) < 4.78 is 8.87. The first-order valence-electron chi connectivity index (χ1n) is 17.5. The Labute approximate surface area is 306 Å². The number of anilines is 6. The van der Waals surface area contributed by atoms with Crippen LogP contribution in [0, 0.1) is 0 Å². The first kappa shape index (κ1) is 30.2. The van der Waals surface area contributed by atoms with Crippen molar-refractivity contribution in [1.82, 2.24) is 0 Å². The average molecular weight is 685 g/mol. The van der Waals surface area contributed by atoms with Crippen LogP contribution in [-0.2, 0) is 0 Å². The lowest BCUT2D eigenvalue weighted by atomic mass is 10.0. The van der Waals surface area contributed by atoms with Crippen LogP contribution in [0.15, 0.2) is 194 Å². The Bertz CT molecular complexity index is 2670. The van der Waals surface area contributed by atoms with Crippen LogP contribution in [0.5, 0.6) is 11.5 Å². The number of para-hydroxylation sites is 4. The van der Waals surface area contributed by atoms with Gasteiger partial charge in [-0.1, -0.05) is 115 Å². The van der Waals surface area contributed by atoms with E-state index in [-0.39, 0.29) is 0 Å². The maximum absolute atomic E-state index is 6.27. The van der Waals surface area contributed by atoms with Gasteiger partial charge in [0.2, 0.25) is 0 Å². The Kier molecular flexibility index (Phi) is 7.33. The number of hydrogen-bond donors (Lipinski definition) is 0. The molecule has 0 saturated carbocycles. The Morgan fingerprint density at radius 1 is 0.385 bits per heavy atom. The van der Waals surface area contributed by atoms with Crippen LogP contribution in [0.2, 0.25) is 0 Å². The van der Waals surface area contributed by atoms with Gasteiger partial charge in [0, 0.05) is 42.9 Å². The zero-order valence-corrected chi connectivity index (χ0v) is 29.0. The van der Waals surface area contributed by atoms with Gasteiger partial charge in [0.15, 0.2) is 11.5 Å². The van der Waals surface area contributed by atoms with E-state index in [0.717, 1.165) is 56.8 Å². The molecule has 0 unspecified atom stereocenters. The number of hydrogen-bond acceptors (Lipinski definition) is 4. The summed E-state index contributed by atoms with van der Waals surface area (Å²) in [6.07, 6.45) is 0. The van der Waals surface area contributed by atoms with Crippen molar-refractivity contribution in [2.45, 2.75) is 0 Å². The van der Waals surface area contributed by atoms with E-state index in [1.165, 1.54) is 31.3 Å². The molecule has 8 aromatic carbocycles. The fraction of sp³-hybridized carbons (Fsp3) is 0. The fourth-order valence-electron chi connectivity index (χ4n) is 7.34. The lowest BCUT2D eigenvalue weighted by molar-refractivity contribution is 0.477. The Morgan fingerprint density at radius 2 is 0.923 bits per heavy atom. The van der Waals surface area contributed by atoms with Gasteiger partial charge in [0.1, 0.15) is 0 Å². The molecule has 3 nitrogen and oxygen atoms in total. The second-order valence-electron chi connectivity index (χ2n) is 13.0. The normalized spacial score (nSPS) is 12.0. The van der Waals surface area contributed by atoms with Crippen molar-refractivity contribution in [1.29, 1.82) is 0 Å². The van der Waals surface area contributed by atoms with E-state index in [0.29, 0.717) is 0 Å². The zero-order valence-electron chi connectivity index (χ0n) is 28.2. The molecule has 246 valence electrons. The van der Waals surface area contributed by atoms with Gasteiger partial charge in [0.25, 0.3) is 0 Å². The van der Waals surface area contributed by atoms with E-state index in [4.69, 9.17) is 4.74 Å². The molecule has 1 aromatic heterocycles. The first-order chi connectivity index (χ1) is 25.8. The van der Waals surface area contributed by atoms with E-state index >= 15 is 0 Å². The fourth-order valence-corrected chi connectivity index (χ4v) is 8.48. The van der Waals surface area contributed by atoms with Gasteiger partial charge in [-0.05, 0) is 101 Å². The molecule has 2 heterocycles. The maximum Gasteiger partial charge on any atom is 0.151 e. The minimum atomic E-state index is 0.849. The molecule has 0 bridgehead atoms. The molecular weight excluding hydrogens is 653 g/mol. The number of ether oxygens (including phenoxy) is 1. The molecule has 0 atom stereocenters. The molecule has 0 saturated heterocycles. The van der Waals surface area contributed by atoms with E-state index in [1.807, 2.05) is 35.6 Å². The van der Waals surface area contributed by atoms with Crippen molar-refractivity contribution in [3.63, 3.8) is 0 Å². The molecule has 0 fully saturated rings. The highest BCUT2D eigenvalue weighted by Gasteiger charge is 2.25. The minimum absolute atomic E-state index is 0.849. The molecule has 10 rings (SSSR count). The molecule has 4 heteroatoms. The van der Waals surface area contributed by atoms with Gasteiger partial charge in [-0.25, -0.2) is 0 Å². The highest BCUT2D eigenvalue weighted by atomic mass is 32.1. The average Bonchev–Trinajstić information content (AvgIpc) is 3.59. The van der Waals surface area contributed by atoms with Gasteiger partial charge >= 0.3 is 0 Å². The third-order valence-electron chi connectivity index (χ3n) is 9.85. The van der Waals surface area contributed by atoms with Crippen molar-refractivity contribution in [2.75, 3.05) is 9.80 Å². The summed E-state index contributed by atoms with van der Waals surface area (Å²) in [6.45, 7) is 0. The summed E-state index contributed by atoms with van der Waals surface area (Å²) in [7, 11) is 0. The summed E-state index contributed by atoms with van der Waals surface area (Å²) in [5, 5.41) is 2.60. The van der Waals surface area contributed by atoms with Crippen molar-refractivity contribution >= 4 is 65.6 Å². The molecule has 0 N–H and O–H groups in total. The topological polar surface area (TPSA) is 15.7 Å². The summed E-state index contributed by atoms with van der Waals surface area (Å²) in [4.78, 5) is 4.65. The largest absolute Gasteiger partial charge is 0.453 e. The molecule has 9 aromatic rings. The van der Waals surface area contributed by atoms with Crippen LogP contribution in [0.1, 0.15) is 0 Å². The molecule has 1 aliphatic heterocycles. The molecular formula is C48H32N2OS. The third kappa shape index (κ3) is 5.29. The van der Waals surface area contributed by atoms with Crippen LogP contribution in [0.25, 0.3) is 42.4 Å². The molecule has 1 aliphatic rings. The smallest absolute Gasteiger partial charge is 0.151 e. The van der Waals surface area contributed by atoms with Gasteiger partial charge in [-0.2, -0.15) is 0 Å². The van der Waals surface area contributed by atoms with Crippen molar-refractivity contribution < 1.29 is 4.74 Å². The highest BCUT2D eigenvalue weighted by Crippen LogP contribution is 2.50. The zero-order chi connectivity index (χ0) is 34.4. The molecule has 0 radical (unpaired) electrons. The van der Waals surface area contributed by atoms with Gasteiger partial charge in [-0.3, -0.25) is 0 Å². The van der Waals surface area contributed by atoms with Gasteiger partial charge < -0.3 is 14.5 Å². The molecule has 52 heavy (non-hydrogen) atoms. The van der Waals surface area contributed by atoms with Crippen LogP contribution in [-0.4, -0.2) is 0 Å². The monoisotopic (exact) mass is 684 g/mol. The predicted molar refractivity (Wildman–Crippen MR) is 220 cm³/mol. The second kappa shape index (κ2) is 12.6. The lowest BCUT2D eigenvalue weighted by Crippen LogP contribution is -2.15. The molecule has 0 aliphatic carbocycles. The number of thiophene rings is 1. The van der Waals surface area contributed by atoms with Crippen molar-refractivity contribution in [3.8, 4) is 33.8 Å². The van der Waals surface area contributed by atoms with Crippen molar-refractivity contribution in [3.05, 3.63) is 194 Å². The van der Waals surface area contributed by atoms with Crippen LogP contribution < -0.4 is 14.5 Å². The van der Waals surface area contributed by atoms with E-state index in [2.05, 4.69) is 180 Å². The third-order valence-corrected chi connectivity index (χ3v) is 11.0. The molecule has 0 amide bonds. The number of fused-ring (bicyclic) bond motifs is 5. The van der Waals surface area contributed by atoms with Crippen LogP contribution in [0.4, 0.5) is 34.1 Å². The van der Waals surface area contributed by atoms with E-state index < -0.39 is 0 Å². The first-order valence-corrected chi connectivity index (χ1v) is 18.3. The Balaban J connectivity index is 1.04. The number of rotatable bonds is 6. The SMILES string of the molecule is c1ccc(-c2ccc(N(c3ccc(-c4cccc(N5c6ccccc6Oc6ccccc65)c4)cc3)c3ccc4c(c3)sc3ccccc34)cc2)cc1. The van der Waals surface area contributed by atoms with E-state index in [1.54, 1.807) is 0 Å². The summed E-state index contributed by atoms with van der Waals surface area (Å²) >= 11 is 1.85. The lowest BCUT2D eigenvalue weighted by Gasteiger charge is -2.33. The summed E-state index contributed by atoms with van der Waals surface area (Å²) in [5.41, 5.74) is 11.2. The Morgan fingerprint density at radius 3 is 1.63 bits per heavy atom. The predicted octanol–water partition coefficient (Wildman–Crippen LogP) is 14.4. The van der Waals surface area contributed by atoms with Gasteiger partial charge in [0.05, 0.1) is 11.4 Å². The molecule has 0 spiro atoms. The number of benzene rings is 8. The van der Waals surface area contributed by atoms with Gasteiger partial charge in [-0.15, -0.1) is 11.3 Å². The summed E-state index contributed by atoms with van der Waals surface area (Å²) in [5.74, 6) is 1.70. The highest BCUT2D eigenvalue weighted by molar-refractivity contribution is 7.25. The standard InChI is InChI=1S/C48H32N2OS/c1-2-11-33(12-3-1)34-21-25-37(26-22-34)49(40-29-30-42-41-15-4-9-20-47(41)52-48(42)32-40)38-27-23-35(24-28-38)36-13-10-14-39(31-36)50-43-16-5-7-18-45(43)51-46-19-8-6-17-44(46)50/h1-32H. The summed E-state index contributed by atoms with van der Waals surface area (Å²) in [6, 6.07) is 69.1. The minimum Gasteiger partial charge on any atom is -0.453 e. The quantitative estimate of drug-likeness (QED) is 0.173. The van der Waals surface area contributed by atoms with E-state index in [9.17, 15) is 0 Å². The maximum atomic E-state index is 6.27. The van der Waals surface area contributed by atoms with Crippen LogP contribution >= 0.6 is 11.3 Å². The van der Waals surface area contributed by atoms with Crippen LogP contribution in [0.3, 0.4) is 0 Å². The number of nitrogens with zero attached hydrogens (tertiary/aromatic N) is 2. The second-order valence-corrected chi connectivity index (χ2v) is 14.1. The van der Waals surface area contributed by atoms with Crippen molar-refractivity contribution in [2.24, 2.45) is 0 Å².